The van der Waals surface area contributed by atoms with E-state index in [0.29, 0.717) is 0 Å². The van der Waals surface area contributed by atoms with Gasteiger partial charge in [0.2, 0.25) is 0 Å². The van der Waals surface area contributed by atoms with Crippen LogP contribution < -0.4 is 15.2 Å². The molecule has 1 aromatic rings. The van der Waals surface area contributed by atoms with Crippen LogP contribution >= 0.6 is 0 Å². The van der Waals surface area contributed by atoms with Crippen molar-refractivity contribution in [3.63, 3.8) is 0 Å². The highest BCUT2D eigenvalue weighted by Gasteiger charge is 2.29. The minimum atomic E-state index is -0.203. The van der Waals surface area contributed by atoms with Crippen LogP contribution in [0.15, 0.2) is 12.1 Å². The van der Waals surface area contributed by atoms with Gasteiger partial charge in [0.15, 0.2) is 0 Å². The van der Waals surface area contributed by atoms with Crippen molar-refractivity contribution in [2.24, 2.45) is 5.73 Å². The van der Waals surface area contributed by atoms with E-state index in [1.54, 1.807) is 14.2 Å². The fourth-order valence-electron chi connectivity index (χ4n) is 2.59. The molecule has 1 aliphatic heterocycles. The Balaban J connectivity index is 2.27. The van der Waals surface area contributed by atoms with Crippen LogP contribution in [0.25, 0.3) is 0 Å². The van der Waals surface area contributed by atoms with Crippen LogP contribution in [0, 0.1) is 6.92 Å². The lowest BCUT2D eigenvalue weighted by molar-refractivity contribution is 0.0531. The van der Waals surface area contributed by atoms with E-state index in [-0.39, 0.29) is 5.54 Å². The predicted octanol–water partition coefficient (Wildman–Crippen LogP) is 2.06. The molecule has 0 unspecified atom stereocenters. The van der Waals surface area contributed by atoms with Gasteiger partial charge in [-0.05, 0) is 49.4 Å². The van der Waals surface area contributed by atoms with Crippen LogP contribution in [0.4, 0.5) is 0 Å². The maximum atomic E-state index is 6.47. The molecule has 2 rings (SSSR count). The van der Waals surface area contributed by atoms with E-state index in [1.165, 1.54) is 0 Å². The van der Waals surface area contributed by atoms with E-state index in [1.807, 2.05) is 19.1 Å². The lowest BCUT2D eigenvalue weighted by atomic mass is 9.84. The summed E-state index contributed by atoms with van der Waals surface area (Å²) in [6.07, 6.45) is 2.55. The smallest absolute Gasteiger partial charge is 0.122 e. The Bertz CT molecular complexity index is 439. The highest BCUT2D eigenvalue weighted by atomic mass is 16.5. The van der Waals surface area contributed by atoms with Crippen LogP contribution in [-0.2, 0) is 11.2 Å². The first kappa shape index (κ1) is 14.2. The molecule has 1 aliphatic rings. The monoisotopic (exact) mass is 265 g/mol. The number of methoxy groups -OCH3 is 2. The first-order valence-corrected chi connectivity index (χ1v) is 6.66. The first-order valence-electron chi connectivity index (χ1n) is 6.66. The van der Waals surface area contributed by atoms with Crippen LogP contribution in [-0.4, -0.2) is 33.0 Å². The summed E-state index contributed by atoms with van der Waals surface area (Å²) in [5.74, 6) is 1.76. The second-order valence-electron chi connectivity index (χ2n) is 5.29. The molecule has 4 heteroatoms. The minimum absolute atomic E-state index is 0.203. The van der Waals surface area contributed by atoms with Crippen molar-refractivity contribution in [1.82, 2.24) is 0 Å². The van der Waals surface area contributed by atoms with Gasteiger partial charge in [0, 0.05) is 18.8 Å². The van der Waals surface area contributed by atoms with Gasteiger partial charge in [0.1, 0.15) is 11.5 Å². The molecule has 2 N–H and O–H groups in total. The number of ether oxygens (including phenoxy) is 3. The van der Waals surface area contributed by atoms with Gasteiger partial charge in [-0.15, -0.1) is 0 Å². The molecule has 1 saturated heterocycles. The highest BCUT2D eigenvalue weighted by Crippen LogP contribution is 2.32. The molecule has 0 spiro atoms. The number of benzene rings is 1. The average molecular weight is 265 g/mol. The fraction of sp³-hybridized carbons (Fsp3) is 0.600. The number of hydrogen-bond acceptors (Lipinski definition) is 4. The van der Waals surface area contributed by atoms with Crippen molar-refractivity contribution < 1.29 is 14.2 Å². The van der Waals surface area contributed by atoms with Crippen molar-refractivity contribution in [3.05, 3.63) is 23.3 Å². The van der Waals surface area contributed by atoms with Crippen molar-refractivity contribution in [1.29, 1.82) is 0 Å². The van der Waals surface area contributed by atoms with Crippen LogP contribution in [0.5, 0.6) is 11.5 Å². The second-order valence-corrected chi connectivity index (χ2v) is 5.29. The molecule has 0 bridgehead atoms. The third-order valence-electron chi connectivity index (χ3n) is 3.83. The Hall–Kier alpha value is -1.26. The molecule has 1 heterocycles. The molecule has 0 radical (unpaired) electrons. The highest BCUT2D eigenvalue weighted by molar-refractivity contribution is 5.46. The largest absolute Gasteiger partial charge is 0.496 e. The Morgan fingerprint density at radius 2 is 1.79 bits per heavy atom. The zero-order valence-electron chi connectivity index (χ0n) is 12.0. The van der Waals surface area contributed by atoms with E-state index in [2.05, 4.69) is 0 Å². The lowest BCUT2D eigenvalue weighted by Gasteiger charge is -2.34. The van der Waals surface area contributed by atoms with Gasteiger partial charge < -0.3 is 19.9 Å². The van der Waals surface area contributed by atoms with E-state index in [0.717, 1.165) is 55.1 Å². The zero-order valence-corrected chi connectivity index (χ0v) is 12.0. The molecule has 0 atom stereocenters. The van der Waals surface area contributed by atoms with Gasteiger partial charge in [-0.2, -0.15) is 0 Å². The third-order valence-corrected chi connectivity index (χ3v) is 3.83. The van der Waals surface area contributed by atoms with Gasteiger partial charge in [0.05, 0.1) is 14.2 Å². The van der Waals surface area contributed by atoms with E-state index < -0.39 is 0 Å². The zero-order chi connectivity index (χ0) is 13.9. The van der Waals surface area contributed by atoms with E-state index in [4.69, 9.17) is 19.9 Å². The number of nitrogens with two attached hydrogens (primary N) is 1. The standard InChI is InChI=1S/C15H23NO3/c1-11-8-14(18-3)12(9-13(11)17-2)10-15(16)4-6-19-7-5-15/h8-9H,4-7,10,16H2,1-3H3. The van der Waals surface area contributed by atoms with Gasteiger partial charge >= 0.3 is 0 Å². The van der Waals surface area contributed by atoms with Crippen molar-refractivity contribution in [2.45, 2.75) is 31.7 Å². The molecule has 4 nitrogen and oxygen atoms in total. The van der Waals surface area contributed by atoms with E-state index >= 15 is 0 Å². The number of rotatable bonds is 4. The number of aryl methyl sites for hydroxylation is 1. The minimum Gasteiger partial charge on any atom is -0.496 e. The number of hydrogen-bond donors (Lipinski definition) is 1. The average Bonchev–Trinajstić information content (AvgIpc) is 2.40. The summed E-state index contributed by atoms with van der Waals surface area (Å²) < 4.78 is 16.2. The molecule has 106 valence electrons. The molecule has 0 aromatic heterocycles. The third kappa shape index (κ3) is 3.19. The Morgan fingerprint density at radius 3 is 2.37 bits per heavy atom. The van der Waals surface area contributed by atoms with Gasteiger partial charge in [-0.25, -0.2) is 0 Å². The molecular weight excluding hydrogens is 242 g/mol. The van der Waals surface area contributed by atoms with Crippen molar-refractivity contribution >= 4 is 0 Å². The summed E-state index contributed by atoms with van der Waals surface area (Å²) >= 11 is 0. The normalized spacial score (nSPS) is 18.1. The summed E-state index contributed by atoms with van der Waals surface area (Å²) in [5, 5.41) is 0. The summed E-state index contributed by atoms with van der Waals surface area (Å²) in [4.78, 5) is 0. The molecular formula is C15H23NO3. The molecule has 1 fully saturated rings. The first-order chi connectivity index (χ1) is 9.08. The fourth-order valence-corrected chi connectivity index (χ4v) is 2.59. The lowest BCUT2D eigenvalue weighted by Crippen LogP contribution is -2.46. The van der Waals surface area contributed by atoms with Crippen LogP contribution in [0.2, 0.25) is 0 Å². The Kier molecular flexibility index (Phi) is 4.32. The van der Waals surface area contributed by atoms with Crippen molar-refractivity contribution in [2.75, 3.05) is 27.4 Å². The SMILES string of the molecule is COc1cc(CC2(N)CCOCC2)c(OC)cc1C. The summed E-state index contributed by atoms with van der Waals surface area (Å²) in [6, 6.07) is 4.05. The second kappa shape index (κ2) is 5.80. The van der Waals surface area contributed by atoms with Gasteiger partial charge in [-0.1, -0.05) is 0 Å². The quantitative estimate of drug-likeness (QED) is 0.905. The van der Waals surface area contributed by atoms with Gasteiger partial charge in [0.25, 0.3) is 0 Å². The maximum absolute atomic E-state index is 6.47. The van der Waals surface area contributed by atoms with Crippen molar-refractivity contribution in [3.8, 4) is 11.5 Å². The Morgan fingerprint density at radius 1 is 1.16 bits per heavy atom. The summed E-state index contributed by atoms with van der Waals surface area (Å²) in [5.41, 5.74) is 8.44. The maximum Gasteiger partial charge on any atom is 0.122 e. The van der Waals surface area contributed by atoms with Crippen LogP contribution in [0.1, 0.15) is 24.0 Å². The molecule has 0 aliphatic carbocycles. The van der Waals surface area contributed by atoms with E-state index in [9.17, 15) is 0 Å². The van der Waals surface area contributed by atoms with Gasteiger partial charge in [-0.3, -0.25) is 0 Å². The predicted molar refractivity (Wildman–Crippen MR) is 75.0 cm³/mol. The summed E-state index contributed by atoms with van der Waals surface area (Å²) in [6.45, 7) is 3.49. The molecule has 1 aromatic carbocycles. The Labute approximate surface area is 114 Å². The molecule has 19 heavy (non-hydrogen) atoms. The topological polar surface area (TPSA) is 53.7 Å². The summed E-state index contributed by atoms with van der Waals surface area (Å²) in [7, 11) is 3.38. The van der Waals surface area contributed by atoms with Crippen LogP contribution in [0.3, 0.4) is 0 Å². The molecule has 0 amide bonds. The molecule has 0 saturated carbocycles.